The van der Waals surface area contributed by atoms with Gasteiger partial charge in [-0.3, -0.25) is 4.57 Å². The molecule has 0 spiro atoms. The number of alkyl halides is 1. The topological polar surface area (TPSA) is 66.5 Å². The van der Waals surface area contributed by atoms with Crippen molar-refractivity contribution in [3.8, 4) is 0 Å². The fourth-order valence-corrected chi connectivity index (χ4v) is 6.23. The lowest BCUT2D eigenvalue weighted by molar-refractivity contribution is -0.103. The number of nitrogens with one attached hydrogen (secondary N) is 2. The molecule has 0 amide bonds. The SMILES string of the molecule is O=c1[nH]c2cnc3[nH]ccc3c2n1[C@H]1[C@@H]2CC3C[C@H]1C[C@](F)(C3)C2. The Morgan fingerprint density at radius 2 is 2.04 bits per heavy atom. The summed E-state index contributed by atoms with van der Waals surface area (Å²) < 4.78 is 16.9. The van der Waals surface area contributed by atoms with Crippen molar-refractivity contribution >= 4 is 22.1 Å². The highest BCUT2D eigenvalue weighted by molar-refractivity contribution is 6.00. The molecule has 4 fully saturated rings. The van der Waals surface area contributed by atoms with Crippen LogP contribution in [0, 0.1) is 17.8 Å². The molecule has 7 rings (SSSR count). The number of imidazole rings is 1. The number of H-pyrrole nitrogens is 2. The number of pyridine rings is 1. The predicted octanol–water partition coefficient (Wildman–Crippen LogP) is 3.30. The number of fused-ring (bicyclic) bond motifs is 3. The van der Waals surface area contributed by atoms with Gasteiger partial charge in [0.2, 0.25) is 0 Å². The van der Waals surface area contributed by atoms with Crippen molar-refractivity contribution in [2.45, 2.75) is 43.8 Å². The first-order valence-corrected chi connectivity index (χ1v) is 8.86. The average Bonchev–Trinajstić information content (AvgIpc) is 3.09. The van der Waals surface area contributed by atoms with Gasteiger partial charge in [-0.1, -0.05) is 0 Å². The van der Waals surface area contributed by atoms with E-state index in [2.05, 4.69) is 15.0 Å². The molecular formula is C18H19FN4O. The summed E-state index contributed by atoms with van der Waals surface area (Å²) in [7, 11) is 0. The summed E-state index contributed by atoms with van der Waals surface area (Å²) in [4.78, 5) is 23.2. The monoisotopic (exact) mass is 326 g/mol. The molecule has 5 atom stereocenters. The maximum absolute atomic E-state index is 15.0. The number of nitrogens with zero attached hydrogens (tertiary/aromatic N) is 2. The fraction of sp³-hybridized carbons (Fsp3) is 0.556. The summed E-state index contributed by atoms with van der Waals surface area (Å²) in [6, 6.07) is 2.09. The third kappa shape index (κ3) is 1.54. The first kappa shape index (κ1) is 13.2. The molecule has 3 aromatic rings. The molecule has 4 aliphatic rings. The number of halogens is 1. The van der Waals surface area contributed by atoms with Gasteiger partial charge in [-0.25, -0.2) is 14.2 Å². The molecule has 0 aliphatic heterocycles. The second-order valence-corrected chi connectivity index (χ2v) is 8.17. The van der Waals surface area contributed by atoms with Gasteiger partial charge in [0.05, 0.1) is 17.2 Å². The van der Waals surface area contributed by atoms with E-state index in [9.17, 15) is 4.79 Å². The van der Waals surface area contributed by atoms with Gasteiger partial charge in [-0.2, -0.15) is 0 Å². The summed E-state index contributed by atoms with van der Waals surface area (Å²) in [5.74, 6) is 1.07. The molecule has 0 radical (unpaired) electrons. The van der Waals surface area contributed by atoms with Crippen molar-refractivity contribution in [2.24, 2.45) is 17.8 Å². The second-order valence-electron chi connectivity index (χ2n) is 8.17. The van der Waals surface area contributed by atoms with Gasteiger partial charge < -0.3 is 9.97 Å². The molecule has 4 saturated carbocycles. The molecule has 5 nitrogen and oxygen atoms in total. The van der Waals surface area contributed by atoms with E-state index in [4.69, 9.17) is 0 Å². The third-order valence-corrected chi connectivity index (χ3v) is 6.71. The van der Waals surface area contributed by atoms with Crippen molar-refractivity contribution in [1.82, 2.24) is 19.5 Å². The van der Waals surface area contributed by atoms with Crippen LogP contribution in [-0.2, 0) is 0 Å². The van der Waals surface area contributed by atoms with Crippen molar-refractivity contribution in [2.75, 3.05) is 0 Å². The van der Waals surface area contributed by atoms with Crippen LogP contribution in [0.3, 0.4) is 0 Å². The molecule has 3 heterocycles. The lowest BCUT2D eigenvalue weighted by atomic mass is 9.53. The Morgan fingerprint density at radius 3 is 2.79 bits per heavy atom. The largest absolute Gasteiger partial charge is 0.346 e. The minimum atomic E-state index is -0.978. The Hall–Kier alpha value is -2.11. The Kier molecular flexibility index (Phi) is 2.26. The Labute approximate surface area is 137 Å². The van der Waals surface area contributed by atoms with E-state index in [1.54, 1.807) is 6.20 Å². The van der Waals surface area contributed by atoms with E-state index in [1.807, 2.05) is 16.8 Å². The van der Waals surface area contributed by atoms with Gasteiger partial charge >= 0.3 is 5.69 Å². The average molecular weight is 326 g/mol. The maximum Gasteiger partial charge on any atom is 0.326 e. The molecule has 0 aromatic carbocycles. The van der Waals surface area contributed by atoms with Gasteiger partial charge in [0.15, 0.2) is 0 Å². The van der Waals surface area contributed by atoms with Gasteiger partial charge in [-0.15, -0.1) is 0 Å². The van der Waals surface area contributed by atoms with Crippen LogP contribution in [-0.4, -0.2) is 25.2 Å². The van der Waals surface area contributed by atoms with E-state index in [1.165, 1.54) is 0 Å². The zero-order valence-corrected chi connectivity index (χ0v) is 13.3. The van der Waals surface area contributed by atoms with E-state index in [0.717, 1.165) is 41.3 Å². The molecule has 6 heteroatoms. The molecule has 4 bridgehead atoms. The number of hydrogen-bond acceptors (Lipinski definition) is 2. The molecule has 0 saturated heterocycles. The quantitative estimate of drug-likeness (QED) is 0.720. The highest BCUT2D eigenvalue weighted by Crippen LogP contribution is 2.61. The molecular weight excluding hydrogens is 307 g/mol. The highest BCUT2D eigenvalue weighted by Gasteiger charge is 2.56. The predicted molar refractivity (Wildman–Crippen MR) is 88.6 cm³/mol. The minimum Gasteiger partial charge on any atom is -0.346 e. The molecule has 3 aromatic heterocycles. The van der Waals surface area contributed by atoms with Crippen LogP contribution in [0.2, 0.25) is 0 Å². The van der Waals surface area contributed by atoms with Gasteiger partial charge in [0.1, 0.15) is 11.3 Å². The van der Waals surface area contributed by atoms with Crippen molar-refractivity contribution < 1.29 is 4.39 Å². The van der Waals surface area contributed by atoms with E-state index in [-0.39, 0.29) is 23.6 Å². The zero-order chi connectivity index (χ0) is 16.1. The van der Waals surface area contributed by atoms with Crippen LogP contribution in [0.5, 0.6) is 0 Å². The zero-order valence-electron chi connectivity index (χ0n) is 13.3. The van der Waals surface area contributed by atoms with Gasteiger partial charge in [-0.05, 0) is 55.9 Å². The number of rotatable bonds is 1. The Bertz CT molecular complexity index is 1010. The highest BCUT2D eigenvalue weighted by atomic mass is 19.1. The second kappa shape index (κ2) is 4.10. The first-order valence-electron chi connectivity index (χ1n) is 8.86. The van der Waals surface area contributed by atoms with Crippen LogP contribution in [0.25, 0.3) is 22.1 Å². The van der Waals surface area contributed by atoms with E-state index >= 15 is 4.39 Å². The fourth-order valence-electron chi connectivity index (χ4n) is 6.23. The normalized spacial score (nSPS) is 37.7. The summed E-state index contributed by atoms with van der Waals surface area (Å²) in [6.07, 6.45) is 7.67. The van der Waals surface area contributed by atoms with Crippen LogP contribution in [0.4, 0.5) is 4.39 Å². The van der Waals surface area contributed by atoms with Crippen LogP contribution < -0.4 is 5.69 Å². The van der Waals surface area contributed by atoms with E-state index in [0.29, 0.717) is 18.8 Å². The lowest BCUT2D eigenvalue weighted by Gasteiger charge is -2.57. The van der Waals surface area contributed by atoms with Crippen LogP contribution in [0.15, 0.2) is 23.3 Å². The van der Waals surface area contributed by atoms with Gasteiger partial charge in [0.25, 0.3) is 0 Å². The standard InChI is InChI=1S/C18H19FN4O/c19-18-5-9-3-10(6-18)14(11(4-9)7-18)23-15-12-1-2-20-16(12)21-8-13(15)22-17(23)24/h1-2,8-11,14H,3-7H2,(H,20,21)(H,22,24)/t9?,10-,11+,14+,18+. The molecule has 24 heavy (non-hydrogen) atoms. The number of aromatic amines is 2. The minimum absolute atomic E-state index is 0.0779. The van der Waals surface area contributed by atoms with Crippen molar-refractivity contribution in [1.29, 1.82) is 0 Å². The summed E-state index contributed by atoms with van der Waals surface area (Å²) >= 11 is 0. The lowest BCUT2D eigenvalue weighted by Crippen LogP contribution is -2.54. The summed E-state index contributed by atoms with van der Waals surface area (Å²) in [5.41, 5.74) is 1.44. The number of aromatic nitrogens is 4. The Morgan fingerprint density at radius 1 is 1.25 bits per heavy atom. The van der Waals surface area contributed by atoms with Crippen molar-refractivity contribution in [3.63, 3.8) is 0 Å². The molecule has 2 N–H and O–H groups in total. The number of hydrogen-bond donors (Lipinski definition) is 2. The molecule has 1 unspecified atom stereocenters. The first-order chi connectivity index (χ1) is 11.6. The van der Waals surface area contributed by atoms with Crippen molar-refractivity contribution in [3.05, 3.63) is 28.9 Å². The summed E-state index contributed by atoms with van der Waals surface area (Å²) in [6.45, 7) is 0. The van der Waals surface area contributed by atoms with Gasteiger partial charge in [0, 0.05) is 17.6 Å². The van der Waals surface area contributed by atoms with Crippen LogP contribution in [0.1, 0.15) is 38.1 Å². The summed E-state index contributed by atoms with van der Waals surface area (Å²) in [5, 5.41) is 0.967. The molecule has 124 valence electrons. The van der Waals surface area contributed by atoms with E-state index < -0.39 is 5.67 Å². The maximum atomic E-state index is 15.0. The van der Waals surface area contributed by atoms with Crippen LogP contribution >= 0.6 is 0 Å². The third-order valence-electron chi connectivity index (χ3n) is 6.71. The smallest absolute Gasteiger partial charge is 0.326 e. The molecule has 4 aliphatic carbocycles. The Balaban J connectivity index is 1.61.